The maximum absolute atomic E-state index is 12.0. The van der Waals surface area contributed by atoms with Gasteiger partial charge < -0.3 is 15.4 Å². The molecule has 0 radical (unpaired) electrons. The number of rotatable bonds is 7. The predicted molar refractivity (Wildman–Crippen MR) is 98.9 cm³/mol. The molecule has 0 fully saturated rings. The molecule has 2 rings (SSSR count). The Bertz CT molecular complexity index is 739. The van der Waals surface area contributed by atoms with Crippen LogP contribution < -0.4 is 15.4 Å². The van der Waals surface area contributed by atoms with Crippen LogP contribution in [0.4, 0.5) is 5.69 Å². The minimum absolute atomic E-state index is 0.0148. The summed E-state index contributed by atoms with van der Waals surface area (Å²) < 4.78 is 5.60. The van der Waals surface area contributed by atoms with Crippen molar-refractivity contribution >= 4 is 17.5 Å². The second kappa shape index (κ2) is 8.87. The Kier molecular flexibility index (Phi) is 6.57. The van der Waals surface area contributed by atoms with Gasteiger partial charge in [0.15, 0.2) is 6.61 Å². The molecule has 0 saturated heterocycles. The van der Waals surface area contributed by atoms with Crippen molar-refractivity contribution in [2.45, 2.75) is 26.7 Å². The number of hydrogen-bond acceptors (Lipinski definition) is 3. The van der Waals surface area contributed by atoms with E-state index in [0.717, 1.165) is 22.4 Å². The average molecular weight is 340 g/mol. The highest BCUT2D eigenvalue weighted by Crippen LogP contribution is 2.19. The van der Waals surface area contributed by atoms with Gasteiger partial charge in [-0.25, -0.2) is 0 Å². The number of carbonyl (C=O) groups excluding carboxylic acids is 2. The molecule has 2 N–H and O–H groups in total. The molecule has 132 valence electrons. The molecule has 2 amide bonds. The number of hydrogen-bond donors (Lipinski definition) is 2. The van der Waals surface area contributed by atoms with Crippen LogP contribution in [0.25, 0.3) is 0 Å². The molecule has 0 aliphatic carbocycles. The van der Waals surface area contributed by atoms with E-state index in [1.54, 1.807) is 7.05 Å². The molecule has 2 aromatic rings. The van der Waals surface area contributed by atoms with Gasteiger partial charge in [0.1, 0.15) is 5.75 Å². The van der Waals surface area contributed by atoms with Gasteiger partial charge in [-0.3, -0.25) is 9.59 Å². The third-order valence-electron chi connectivity index (χ3n) is 3.86. The van der Waals surface area contributed by atoms with E-state index in [0.29, 0.717) is 18.5 Å². The van der Waals surface area contributed by atoms with Crippen molar-refractivity contribution in [2.75, 3.05) is 19.0 Å². The molecule has 25 heavy (non-hydrogen) atoms. The van der Waals surface area contributed by atoms with E-state index in [2.05, 4.69) is 10.6 Å². The molecule has 0 bridgehead atoms. The topological polar surface area (TPSA) is 67.4 Å². The zero-order valence-electron chi connectivity index (χ0n) is 14.9. The molecular formula is C20H24N2O3. The lowest BCUT2D eigenvalue weighted by molar-refractivity contribution is -0.120. The zero-order chi connectivity index (χ0) is 18.2. The van der Waals surface area contributed by atoms with Gasteiger partial charge in [0, 0.05) is 19.2 Å². The van der Waals surface area contributed by atoms with Crippen LogP contribution in [0.2, 0.25) is 0 Å². The van der Waals surface area contributed by atoms with Crippen molar-refractivity contribution in [1.82, 2.24) is 5.32 Å². The van der Waals surface area contributed by atoms with Crippen molar-refractivity contribution < 1.29 is 14.3 Å². The van der Waals surface area contributed by atoms with Gasteiger partial charge in [-0.2, -0.15) is 0 Å². The van der Waals surface area contributed by atoms with E-state index in [9.17, 15) is 9.59 Å². The van der Waals surface area contributed by atoms with Gasteiger partial charge in [0.25, 0.3) is 5.91 Å². The Morgan fingerprint density at radius 3 is 2.40 bits per heavy atom. The van der Waals surface area contributed by atoms with E-state index in [-0.39, 0.29) is 18.4 Å². The third kappa shape index (κ3) is 5.95. The number of amides is 2. The Morgan fingerprint density at radius 2 is 1.72 bits per heavy atom. The second-order valence-electron chi connectivity index (χ2n) is 5.98. The fraction of sp³-hybridized carbons (Fsp3) is 0.300. The Morgan fingerprint density at radius 1 is 1.00 bits per heavy atom. The van der Waals surface area contributed by atoms with Gasteiger partial charge in [-0.1, -0.05) is 24.3 Å². The Labute approximate surface area is 148 Å². The summed E-state index contributed by atoms with van der Waals surface area (Å²) in [5.74, 6) is 0.527. The van der Waals surface area contributed by atoms with Gasteiger partial charge in [0.05, 0.1) is 0 Å². The normalized spacial score (nSPS) is 10.2. The highest BCUT2D eigenvalue weighted by atomic mass is 16.5. The van der Waals surface area contributed by atoms with Crippen molar-refractivity contribution in [1.29, 1.82) is 0 Å². The first-order valence-corrected chi connectivity index (χ1v) is 8.27. The second-order valence-corrected chi connectivity index (χ2v) is 5.98. The van der Waals surface area contributed by atoms with E-state index < -0.39 is 0 Å². The lowest BCUT2D eigenvalue weighted by Crippen LogP contribution is -2.20. The fourth-order valence-electron chi connectivity index (χ4n) is 2.34. The quantitative estimate of drug-likeness (QED) is 0.814. The first-order chi connectivity index (χ1) is 12.0. The minimum Gasteiger partial charge on any atom is -0.483 e. The highest BCUT2D eigenvalue weighted by Gasteiger charge is 2.06. The lowest BCUT2D eigenvalue weighted by atomic mass is 10.1. The molecule has 5 nitrogen and oxygen atoms in total. The maximum atomic E-state index is 12.0. The predicted octanol–water partition coefficient (Wildman–Crippen LogP) is 3.00. The van der Waals surface area contributed by atoms with Crippen molar-refractivity contribution in [3.05, 3.63) is 59.2 Å². The van der Waals surface area contributed by atoms with E-state index in [1.165, 1.54) is 0 Å². The Balaban J connectivity index is 1.84. The molecule has 0 unspecified atom stereocenters. The molecule has 0 atom stereocenters. The van der Waals surface area contributed by atoms with Crippen molar-refractivity contribution in [3.63, 3.8) is 0 Å². The average Bonchev–Trinajstić information content (AvgIpc) is 2.61. The fourth-order valence-corrected chi connectivity index (χ4v) is 2.34. The van der Waals surface area contributed by atoms with Crippen LogP contribution in [-0.4, -0.2) is 25.5 Å². The number of anilines is 1. The smallest absolute Gasteiger partial charge is 0.262 e. The van der Waals surface area contributed by atoms with Crippen LogP contribution in [-0.2, 0) is 16.0 Å². The monoisotopic (exact) mass is 340 g/mol. The number of ether oxygens (including phenoxy) is 1. The number of carbonyl (C=O) groups is 2. The first-order valence-electron chi connectivity index (χ1n) is 8.27. The molecule has 0 saturated carbocycles. The number of benzene rings is 2. The van der Waals surface area contributed by atoms with Crippen LogP contribution in [0.1, 0.15) is 23.1 Å². The standard InChI is InChI=1S/C20H24N2O3/c1-14-4-5-15(2)18(12-14)25-13-20(24)22-17-9-6-16(7-10-17)8-11-19(23)21-3/h4-7,9-10,12H,8,11,13H2,1-3H3,(H,21,23)(H,22,24). The molecule has 0 aliphatic heterocycles. The molecule has 0 aromatic heterocycles. The van der Waals surface area contributed by atoms with E-state index in [1.807, 2.05) is 56.3 Å². The summed E-state index contributed by atoms with van der Waals surface area (Å²) >= 11 is 0. The molecule has 0 aliphatic rings. The van der Waals surface area contributed by atoms with Crippen molar-refractivity contribution in [3.8, 4) is 5.75 Å². The zero-order valence-corrected chi connectivity index (χ0v) is 14.9. The van der Waals surface area contributed by atoms with Gasteiger partial charge in [0.2, 0.25) is 5.91 Å². The van der Waals surface area contributed by atoms with Crippen LogP contribution in [0, 0.1) is 13.8 Å². The van der Waals surface area contributed by atoms with Gasteiger partial charge in [-0.15, -0.1) is 0 Å². The number of nitrogens with one attached hydrogen (secondary N) is 2. The van der Waals surface area contributed by atoms with Gasteiger partial charge in [-0.05, 0) is 55.2 Å². The van der Waals surface area contributed by atoms with Crippen molar-refractivity contribution in [2.24, 2.45) is 0 Å². The maximum Gasteiger partial charge on any atom is 0.262 e. The van der Waals surface area contributed by atoms with E-state index in [4.69, 9.17) is 4.74 Å². The molecular weight excluding hydrogens is 316 g/mol. The number of aryl methyl sites for hydroxylation is 3. The van der Waals surface area contributed by atoms with Crippen LogP contribution in [0.5, 0.6) is 5.75 Å². The lowest BCUT2D eigenvalue weighted by Gasteiger charge is -2.10. The minimum atomic E-state index is -0.209. The Hall–Kier alpha value is -2.82. The molecule has 2 aromatic carbocycles. The summed E-state index contributed by atoms with van der Waals surface area (Å²) in [4.78, 5) is 23.3. The molecule has 5 heteroatoms. The van der Waals surface area contributed by atoms with Crippen LogP contribution in [0.15, 0.2) is 42.5 Å². The van der Waals surface area contributed by atoms with Crippen LogP contribution >= 0.6 is 0 Å². The summed E-state index contributed by atoms with van der Waals surface area (Å²) in [6.45, 7) is 3.89. The highest BCUT2D eigenvalue weighted by molar-refractivity contribution is 5.91. The summed E-state index contributed by atoms with van der Waals surface area (Å²) in [5, 5.41) is 5.40. The third-order valence-corrected chi connectivity index (χ3v) is 3.86. The molecule has 0 spiro atoms. The van der Waals surface area contributed by atoms with Crippen LogP contribution in [0.3, 0.4) is 0 Å². The summed E-state index contributed by atoms with van der Waals surface area (Å²) in [6, 6.07) is 13.4. The summed E-state index contributed by atoms with van der Waals surface area (Å²) in [7, 11) is 1.63. The summed E-state index contributed by atoms with van der Waals surface area (Å²) in [6.07, 6.45) is 1.12. The summed E-state index contributed by atoms with van der Waals surface area (Å²) in [5.41, 5.74) is 3.85. The van der Waals surface area contributed by atoms with Gasteiger partial charge >= 0.3 is 0 Å². The van der Waals surface area contributed by atoms with E-state index >= 15 is 0 Å². The molecule has 0 heterocycles. The largest absolute Gasteiger partial charge is 0.483 e. The SMILES string of the molecule is CNC(=O)CCc1ccc(NC(=O)COc2cc(C)ccc2C)cc1. The first kappa shape index (κ1) is 18.5.